The zero-order valence-corrected chi connectivity index (χ0v) is 20.1. The van der Waals surface area contributed by atoms with Crippen LogP contribution in [0, 0.1) is 0 Å². The molecule has 160 valence electrons. The van der Waals surface area contributed by atoms with Crippen molar-refractivity contribution in [2.24, 2.45) is 0 Å². The number of carbonyl (C=O) groups is 1. The van der Waals surface area contributed by atoms with Crippen molar-refractivity contribution in [3.05, 3.63) is 80.4 Å². The van der Waals surface area contributed by atoms with Crippen LogP contribution in [0.3, 0.4) is 0 Å². The second-order valence-corrected chi connectivity index (χ2v) is 9.21. The van der Waals surface area contributed by atoms with E-state index in [4.69, 9.17) is 21.4 Å². The fourth-order valence-corrected chi connectivity index (χ4v) is 4.64. The third-order valence-electron chi connectivity index (χ3n) is 4.77. The van der Waals surface area contributed by atoms with E-state index in [1.165, 1.54) is 11.8 Å². The number of rotatable bonds is 6. The van der Waals surface area contributed by atoms with Crippen molar-refractivity contribution in [2.45, 2.75) is 30.8 Å². The predicted octanol–water partition coefficient (Wildman–Crippen LogP) is 5.84. The molecule has 1 unspecified atom stereocenters. The third kappa shape index (κ3) is 4.81. The molecule has 1 aliphatic rings. The third-order valence-corrected chi connectivity index (χ3v) is 6.44. The van der Waals surface area contributed by atoms with E-state index in [-0.39, 0.29) is 5.97 Å². The highest BCUT2D eigenvalue weighted by atomic mass is 79.9. The van der Waals surface area contributed by atoms with E-state index in [1.807, 2.05) is 55.5 Å². The van der Waals surface area contributed by atoms with Crippen LogP contribution in [-0.4, -0.2) is 27.3 Å². The van der Waals surface area contributed by atoms with E-state index in [0.29, 0.717) is 39.8 Å². The van der Waals surface area contributed by atoms with Gasteiger partial charge >= 0.3 is 5.97 Å². The molecule has 2 aromatic carbocycles. The molecule has 4 rings (SSSR count). The fourth-order valence-electron chi connectivity index (χ4n) is 3.39. The Morgan fingerprint density at radius 3 is 2.77 bits per heavy atom. The monoisotopic (exact) mass is 518 g/mol. The summed E-state index contributed by atoms with van der Waals surface area (Å²) in [6.07, 6.45) is 0. The van der Waals surface area contributed by atoms with Gasteiger partial charge in [-0.05, 0) is 49.2 Å². The molecule has 0 radical (unpaired) electrons. The molecule has 3 aromatic rings. The standard InChI is InChI=1S/C22H20BrClN4O2S/c1-3-30-20(29)18-13(2)25-21-26-22(31-12-14-5-4-6-17(24)11-14)27-28(21)19(18)15-7-9-16(23)10-8-15/h4-11,19H,3,12H2,1-2H3,(H,25,26,27). The summed E-state index contributed by atoms with van der Waals surface area (Å²) in [5.41, 5.74) is 3.24. The number of aromatic nitrogens is 3. The van der Waals surface area contributed by atoms with Crippen molar-refractivity contribution in [3.63, 3.8) is 0 Å². The Labute approximate surface area is 198 Å². The first-order chi connectivity index (χ1) is 15.0. The summed E-state index contributed by atoms with van der Waals surface area (Å²) in [6, 6.07) is 15.1. The van der Waals surface area contributed by atoms with Gasteiger partial charge in [-0.1, -0.05) is 63.6 Å². The van der Waals surface area contributed by atoms with Crippen LogP contribution in [0.1, 0.15) is 31.0 Å². The van der Waals surface area contributed by atoms with Gasteiger partial charge in [0.25, 0.3) is 0 Å². The van der Waals surface area contributed by atoms with Gasteiger partial charge in [-0.3, -0.25) is 0 Å². The zero-order valence-electron chi connectivity index (χ0n) is 16.9. The van der Waals surface area contributed by atoms with Crippen LogP contribution in [0.25, 0.3) is 0 Å². The molecule has 0 amide bonds. The Bertz CT molecular complexity index is 1150. The van der Waals surface area contributed by atoms with E-state index in [0.717, 1.165) is 15.6 Å². The van der Waals surface area contributed by atoms with Crippen LogP contribution < -0.4 is 5.32 Å². The van der Waals surface area contributed by atoms with Crippen molar-refractivity contribution in [1.29, 1.82) is 0 Å². The number of esters is 1. The lowest BCUT2D eigenvalue weighted by Gasteiger charge is -2.28. The van der Waals surface area contributed by atoms with Gasteiger partial charge in [0.15, 0.2) is 0 Å². The van der Waals surface area contributed by atoms with Gasteiger partial charge < -0.3 is 10.1 Å². The highest BCUT2D eigenvalue weighted by Gasteiger charge is 2.35. The highest BCUT2D eigenvalue weighted by Crippen LogP contribution is 2.37. The molecule has 1 atom stereocenters. The molecule has 0 spiro atoms. The number of thioether (sulfide) groups is 1. The summed E-state index contributed by atoms with van der Waals surface area (Å²) in [4.78, 5) is 17.5. The number of nitrogens with one attached hydrogen (secondary N) is 1. The highest BCUT2D eigenvalue weighted by molar-refractivity contribution is 9.10. The van der Waals surface area contributed by atoms with Gasteiger partial charge in [-0.15, -0.1) is 5.10 Å². The van der Waals surface area contributed by atoms with E-state index in [1.54, 1.807) is 11.6 Å². The summed E-state index contributed by atoms with van der Waals surface area (Å²) < 4.78 is 8.05. The normalized spacial score (nSPS) is 15.4. The average Bonchev–Trinajstić information content (AvgIpc) is 3.14. The topological polar surface area (TPSA) is 69.0 Å². The minimum absolute atomic E-state index is 0.299. The fraction of sp³-hybridized carbons (Fsp3) is 0.227. The van der Waals surface area contributed by atoms with Crippen LogP contribution in [0.15, 0.2) is 69.4 Å². The molecule has 0 bridgehead atoms. The second-order valence-electron chi connectivity index (χ2n) is 6.92. The molecule has 1 N–H and O–H groups in total. The maximum absolute atomic E-state index is 12.8. The number of hydrogen-bond acceptors (Lipinski definition) is 6. The molecular formula is C22H20BrClN4O2S. The summed E-state index contributed by atoms with van der Waals surface area (Å²) in [5.74, 6) is 0.908. The van der Waals surface area contributed by atoms with Crippen molar-refractivity contribution in [3.8, 4) is 0 Å². The summed E-state index contributed by atoms with van der Waals surface area (Å²) in [5, 5.41) is 9.24. The van der Waals surface area contributed by atoms with Gasteiger partial charge in [0.1, 0.15) is 6.04 Å². The largest absolute Gasteiger partial charge is 0.463 e. The van der Waals surface area contributed by atoms with E-state index in [9.17, 15) is 4.79 Å². The van der Waals surface area contributed by atoms with E-state index < -0.39 is 6.04 Å². The Morgan fingerprint density at radius 2 is 2.06 bits per heavy atom. The van der Waals surface area contributed by atoms with Crippen molar-refractivity contribution in [1.82, 2.24) is 14.8 Å². The lowest BCUT2D eigenvalue weighted by Crippen LogP contribution is -2.29. The number of ether oxygens (including phenoxy) is 1. The smallest absolute Gasteiger partial charge is 0.338 e. The number of allylic oxidation sites excluding steroid dienone is 1. The average molecular weight is 520 g/mol. The first-order valence-electron chi connectivity index (χ1n) is 9.70. The molecular weight excluding hydrogens is 500 g/mol. The molecule has 0 saturated heterocycles. The van der Waals surface area contributed by atoms with Gasteiger partial charge in [0.05, 0.1) is 12.2 Å². The molecule has 31 heavy (non-hydrogen) atoms. The predicted molar refractivity (Wildman–Crippen MR) is 126 cm³/mol. The summed E-state index contributed by atoms with van der Waals surface area (Å²) in [7, 11) is 0. The van der Waals surface area contributed by atoms with E-state index >= 15 is 0 Å². The number of nitrogens with zero attached hydrogens (tertiary/aromatic N) is 3. The van der Waals surface area contributed by atoms with Crippen molar-refractivity contribution < 1.29 is 9.53 Å². The summed E-state index contributed by atoms with van der Waals surface area (Å²) >= 11 is 11.1. The number of anilines is 1. The number of fused-ring (bicyclic) bond motifs is 1. The Kier molecular flexibility index (Phi) is 6.69. The van der Waals surface area contributed by atoms with Crippen LogP contribution >= 0.6 is 39.3 Å². The van der Waals surface area contributed by atoms with Crippen LogP contribution in [0.5, 0.6) is 0 Å². The molecule has 2 heterocycles. The van der Waals surface area contributed by atoms with Crippen molar-refractivity contribution in [2.75, 3.05) is 11.9 Å². The SMILES string of the molecule is CCOC(=O)C1=C(C)Nc2nc(SCc3cccc(Cl)c3)nn2C1c1ccc(Br)cc1. The first kappa shape index (κ1) is 21.9. The second kappa shape index (κ2) is 9.46. The first-order valence-corrected chi connectivity index (χ1v) is 11.9. The van der Waals surface area contributed by atoms with Crippen LogP contribution in [0.2, 0.25) is 5.02 Å². The Balaban J connectivity index is 1.68. The Morgan fingerprint density at radius 1 is 1.29 bits per heavy atom. The summed E-state index contributed by atoms with van der Waals surface area (Å²) in [6.45, 7) is 3.95. The van der Waals surface area contributed by atoms with Crippen molar-refractivity contribution >= 4 is 51.2 Å². The number of halogens is 2. The van der Waals surface area contributed by atoms with Gasteiger partial charge in [-0.25, -0.2) is 9.48 Å². The molecule has 6 nitrogen and oxygen atoms in total. The van der Waals surface area contributed by atoms with Gasteiger partial charge in [0, 0.05) is 20.9 Å². The quantitative estimate of drug-likeness (QED) is 0.326. The molecule has 1 aromatic heterocycles. The molecule has 0 fully saturated rings. The van der Waals surface area contributed by atoms with Gasteiger partial charge in [-0.2, -0.15) is 4.98 Å². The number of carbonyl (C=O) groups excluding carboxylic acids is 1. The van der Waals surface area contributed by atoms with Gasteiger partial charge in [0.2, 0.25) is 11.1 Å². The minimum Gasteiger partial charge on any atom is -0.463 e. The Hall–Kier alpha value is -2.29. The molecule has 9 heteroatoms. The maximum Gasteiger partial charge on any atom is 0.338 e. The molecule has 0 aliphatic carbocycles. The zero-order chi connectivity index (χ0) is 22.0. The number of benzene rings is 2. The maximum atomic E-state index is 12.8. The number of hydrogen-bond donors (Lipinski definition) is 1. The lowest BCUT2D eigenvalue weighted by atomic mass is 9.96. The molecule has 0 saturated carbocycles. The molecule has 1 aliphatic heterocycles. The van der Waals surface area contributed by atoms with Crippen LogP contribution in [0.4, 0.5) is 5.95 Å². The van der Waals surface area contributed by atoms with E-state index in [2.05, 4.69) is 26.2 Å². The minimum atomic E-state index is -0.434. The lowest BCUT2D eigenvalue weighted by molar-refractivity contribution is -0.139. The van der Waals surface area contributed by atoms with Crippen LogP contribution in [-0.2, 0) is 15.3 Å².